The van der Waals surface area contributed by atoms with E-state index in [2.05, 4.69) is 15.5 Å². The second-order valence-corrected chi connectivity index (χ2v) is 14.7. The number of carbonyl (C=O) groups excluding carboxylic acids is 2. The van der Waals surface area contributed by atoms with Gasteiger partial charge in [0.15, 0.2) is 5.79 Å². The van der Waals surface area contributed by atoms with Crippen molar-refractivity contribution in [3.05, 3.63) is 95.3 Å². The molecule has 50 heavy (non-hydrogen) atoms. The number of H-pyrrole nitrogens is 1. The number of benzene rings is 2. The predicted octanol–water partition coefficient (Wildman–Crippen LogP) is 8.72. The highest BCUT2D eigenvalue weighted by Crippen LogP contribution is 2.43. The summed E-state index contributed by atoms with van der Waals surface area (Å²) >= 11 is 0. The summed E-state index contributed by atoms with van der Waals surface area (Å²) in [7, 11) is 0. The van der Waals surface area contributed by atoms with E-state index in [9.17, 15) is 14.0 Å². The molecule has 1 unspecified atom stereocenters. The molecule has 2 aromatic carbocycles. The highest BCUT2D eigenvalue weighted by molar-refractivity contribution is 6.06. The van der Waals surface area contributed by atoms with Crippen molar-refractivity contribution < 1.29 is 28.2 Å². The summed E-state index contributed by atoms with van der Waals surface area (Å²) in [6.07, 6.45) is 3.60. The minimum Gasteiger partial charge on any atom is -0.460 e. The molecule has 1 saturated heterocycles. The van der Waals surface area contributed by atoms with Crippen LogP contribution >= 0.6 is 0 Å². The molecule has 2 N–H and O–H groups in total. The van der Waals surface area contributed by atoms with Gasteiger partial charge in [-0.25, -0.2) is 4.39 Å². The summed E-state index contributed by atoms with van der Waals surface area (Å²) in [6.45, 7) is 17.0. The lowest BCUT2D eigenvalue weighted by Gasteiger charge is -2.39. The van der Waals surface area contributed by atoms with Crippen LogP contribution in [0.2, 0.25) is 0 Å². The van der Waals surface area contributed by atoms with E-state index >= 15 is 0 Å². The summed E-state index contributed by atoms with van der Waals surface area (Å²) in [6, 6.07) is 17.5. The molecule has 5 rings (SSSR count). The van der Waals surface area contributed by atoms with Crippen molar-refractivity contribution in [2.45, 2.75) is 111 Å². The number of aryl methyl sites for hydroxylation is 1. The maximum atomic E-state index is 14.5. The number of esters is 1. The van der Waals surface area contributed by atoms with Crippen LogP contribution in [-0.2, 0) is 19.0 Å². The van der Waals surface area contributed by atoms with Crippen LogP contribution in [0.5, 0.6) is 0 Å². The number of ether oxygens (including phenoxy) is 3. The van der Waals surface area contributed by atoms with Crippen LogP contribution in [0.3, 0.4) is 0 Å². The number of carbonyl (C=O) groups is 2. The van der Waals surface area contributed by atoms with E-state index < -0.39 is 23.6 Å². The van der Waals surface area contributed by atoms with Gasteiger partial charge in [0.25, 0.3) is 5.91 Å². The molecule has 1 aliphatic rings. The van der Waals surface area contributed by atoms with Crippen LogP contribution in [0.25, 0.3) is 28.3 Å². The van der Waals surface area contributed by atoms with Crippen LogP contribution in [0, 0.1) is 12.7 Å². The highest BCUT2D eigenvalue weighted by atomic mass is 19.1. The fourth-order valence-corrected chi connectivity index (χ4v) is 6.48. The maximum Gasteiger partial charge on any atom is 0.308 e. The van der Waals surface area contributed by atoms with Gasteiger partial charge in [-0.2, -0.15) is 5.10 Å². The van der Waals surface area contributed by atoms with Crippen molar-refractivity contribution in [2.75, 3.05) is 0 Å². The number of rotatable bonds is 10. The second kappa shape index (κ2) is 14.7. The number of hydrogen-bond acceptors (Lipinski definition) is 6. The van der Waals surface area contributed by atoms with Gasteiger partial charge in [-0.3, -0.25) is 14.7 Å². The van der Waals surface area contributed by atoms with Gasteiger partial charge in [-0.1, -0.05) is 48.5 Å². The average Bonchev–Trinajstić information content (AvgIpc) is 3.61. The lowest BCUT2D eigenvalue weighted by molar-refractivity contribution is -0.290. The number of amides is 1. The third-order valence-corrected chi connectivity index (χ3v) is 8.35. The van der Waals surface area contributed by atoms with E-state index in [1.165, 1.54) is 12.1 Å². The zero-order valence-electron chi connectivity index (χ0n) is 30.5. The normalized spacial score (nSPS) is 18.4. The average molecular weight is 685 g/mol. The number of nitrogens with one attached hydrogen (secondary N) is 2. The Balaban J connectivity index is 1.64. The third kappa shape index (κ3) is 8.78. The second-order valence-electron chi connectivity index (χ2n) is 14.7. The fourth-order valence-electron chi connectivity index (χ4n) is 6.48. The van der Waals surface area contributed by atoms with Gasteiger partial charge >= 0.3 is 5.97 Å². The Bertz CT molecular complexity index is 1830. The Labute approximate surface area is 294 Å². The van der Waals surface area contributed by atoms with E-state index in [0.29, 0.717) is 12.1 Å². The highest BCUT2D eigenvalue weighted by Gasteiger charge is 2.37. The minimum absolute atomic E-state index is 0.0911. The van der Waals surface area contributed by atoms with E-state index in [0.717, 1.165) is 39.3 Å². The summed E-state index contributed by atoms with van der Waals surface area (Å²) in [4.78, 5) is 27.2. The number of aromatic amines is 1. The topological polar surface area (TPSA) is 107 Å². The standard InChI is InChI=1S/C40H49FN4O5/c1-24(2)45-33(20-19-30-22-31(49-40(8,9)48-30)23-34(46)50-39(5,6)7)35(28-15-17-29(41)18-16-28)36(27-13-11-10-12-14-27)37(45)38(47)42-26(4)32-21-25(3)43-44-32/h10-21,24,26,30-31H,22-23H2,1-9H3,(H,42,47)(H,43,44)/t26?,30-,31-/m1/s1. The van der Waals surface area contributed by atoms with Gasteiger partial charge in [-0.15, -0.1) is 0 Å². The molecule has 0 spiro atoms. The molecule has 4 aromatic rings. The van der Waals surface area contributed by atoms with E-state index in [1.807, 2.05) is 115 Å². The van der Waals surface area contributed by atoms with Gasteiger partial charge in [0.2, 0.25) is 0 Å². The van der Waals surface area contributed by atoms with Crippen LogP contribution in [0.1, 0.15) is 108 Å². The van der Waals surface area contributed by atoms with Crippen molar-refractivity contribution >= 4 is 18.0 Å². The van der Waals surface area contributed by atoms with Gasteiger partial charge in [0, 0.05) is 35.0 Å². The van der Waals surface area contributed by atoms with Gasteiger partial charge in [-0.05, 0) is 97.7 Å². The van der Waals surface area contributed by atoms with Crippen molar-refractivity contribution in [1.82, 2.24) is 20.1 Å². The Hall–Kier alpha value is -4.54. The molecule has 0 radical (unpaired) electrons. The molecule has 0 saturated carbocycles. The molecule has 1 fully saturated rings. The predicted molar refractivity (Wildman–Crippen MR) is 193 cm³/mol. The molecule has 3 heterocycles. The summed E-state index contributed by atoms with van der Waals surface area (Å²) in [5.74, 6) is -1.92. The van der Waals surface area contributed by atoms with Crippen LogP contribution in [0.15, 0.2) is 66.7 Å². The van der Waals surface area contributed by atoms with Crippen LogP contribution in [-0.4, -0.2) is 50.2 Å². The van der Waals surface area contributed by atoms with Crippen molar-refractivity contribution in [2.24, 2.45) is 0 Å². The minimum atomic E-state index is -0.958. The zero-order valence-corrected chi connectivity index (χ0v) is 30.5. The van der Waals surface area contributed by atoms with Crippen molar-refractivity contribution in [3.8, 4) is 22.3 Å². The van der Waals surface area contributed by atoms with Gasteiger partial charge in [0.05, 0.1) is 30.4 Å². The first-order valence-electron chi connectivity index (χ1n) is 17.2. The Kier molecular flexibility index (Phi) is 10.8. The Morgan fingerprint density at radius 1 is 1.06 bits per heavy atom. The lowest BCUT2D eigenvalue weighted by atomic mass is 9.94. The molecule has 266 valence electrons. The molecule has 0 bridgehead atoms. The van der Waals surface area contributed by atoms with Gasteiger partial charge in [0.1, 0.15) is 17.1 Å². The van der Waals surface area contributed by atoms with E-state index in [4.69, 9.17) is 14.2 Å². The SMILES string of the molecule is Cc1cc(C(C)NC(=O)c2c(-c3ccccc3)c(-c3ccc(F)cc3)c(C=C[C@@H]3C[C@H](CC(=O)OC(C)(C)C)OC(C)(C)O3)n2C(C)C)n[nH]1. The molecular formula is C40H49FN4O5. The molecule has 1 amide bonds. The first-order valence-corrected chi connectivity index (χ1v) is 17.2. The Morgan fingerprint density at radius 3 is 2.32 bits per heavy atom. The van der Waals surface area contributed by atoms with Crippen molar-refractivity contribution in [3.63, 3.8) is 0 Å². The number of aromatic nitrogens is 3. The van der Waals surface area contributed by atoms with Crippen LogP contribution in [0.4, 0.5) is 4.39 Å². The quantitative estimate of drug-likeness (QED) is 0.162. The van der Waals surface area contributed by atoms with Gasteiger partial charge < -0.3 is 24.1 Å². The summed E-state index contributed by atoms with van der Waals surface area (Å²) < 4.78 is 34.4. The fraction of sp³-hybridized carbons (Fsp3) is 0.425. The maximum absolute atomic E-state index is 14.5. The number of hydrogen-bond donors (Lipinski definition) is 2. The number of nitrogens with zero attached hydrogens (tertiary/aromatic N) is 2. The summed E-state index contributed by atoms with van der Waals surface area (Å²) in [5, 5.41) is 10.5. The summed E-state index contributed by atoms with van der Waals surface area (Å²) in [5.41, 5.74) is 5.35. The first kappa shape index (κ1) is 36.7. The van der Waals surface area contributed by atoms with Crippen molar-refractivity contribution in [1.29, 1.82) is 0 Å². The Morgan fingerprint density at radius 2 is 1.72 bits per heavy atom. The van der Waals surface area contributed by atoms with E-state index in [-0.39, 0.29) is 36.2 Å². The molecule has 0 aliphatic carbocycles. The van der Waals surface area contributed by atoms with Crippen LogP contribution < -0.4 is 5.32 Å². The smallest absolute Gasteiger partial charge is 0.308 e. The zero-order chi connectivity index (χ0) is 36.4. The third-order valence-electron chi connectivity index (χ3n) is 8.35. The molecule has 2 aromatic heterocycles. The molecule has 9 nitrogen and oxygen atoms in total. The number of halogens is 1. The lowest BCUT2D eigenvalue weighted by Crippen LogP contribution is -2.45. The molecule has 1 aliphatic heterocycles. The monoisotopic (exact) mass is 684 g/mol. The molecule has 10 heteroatoms. The first-order chi connectivity index (χ1) is 23.5. The largest absolute Gasteiger partial charge is 0.460 e. The van der Waals surface area contributed by atoms with E-state index in [1.54, 1.807) is 12.1 Å². The molecule has 3 atom stereocenters. The molecular weight excluding hydrogens is 635 g/mol.